The van der Waals surface area contributed by atoms with Crippen LogP contribution < -0.4 is 10.6 Å². The second-order valence-corrected chi connectivity index (χ2v) is 5.05. The van der Waals surface area contributed by atoms with E-state index in [1.54, 1.807) is 13.0 Å². The number of aromatic carboxylic acids is 1. The van der Waals surface area contributed by atoms with Gasteiger partial charge in [-0.15, -0.1) is 0 Å². The summed E-state index contributed by atoms with van der Waals surface area (Å²) in [4.78, 5) is 25.4. The minimum absolute atomic E-state index is 0.0401. The number of ether oxygens (including phenoxy) is 1. The number of rotatable bonds is 6. The standard InChI is InChI=1S/C13H21N3O4/c1-5-20-13(3,4)7-14-12(19)16-9-6-8(2)15-10(9)11(17)18/h6,15H,5,7H2,1-4H3,(H,17,18)(H2,14,16,19). The first-order valence-electron chi connectivity index (χ1n) is 6.37. The Kier molecular flexibility index (Phi) is 5.15. The quantitative estimate of drug-likeness (QED) is 0.640. The van der Waals surface area contributed by atoms with Crippen LogP contribution in [0.5, 0.6) is 0 Å². The van der Waals surface area contributed by atoms with Gasteiger partial charge in [0.15, 0.2) is 0 Å². The second-order valence-electron chi connectivity index (χ2n) is 5.05. The van der Waals surface area contributed by atoms with Crippen molar-refractivity contribution in [3.63, 3.8) is 0 Å². The summed E-state index contributed by atoms with van der Waals surface area (Å²) in [6.45, 7) is 8.19. The number of aromatic amines is 1. The first kappa shape index (κ1) is 16.0. The van der Waals surface area contributed by atoms with Gasteiger partial charge in [0.25, 0.3) is 0 Å². The van der Waals surface area contributed by atoms with Crippen molar-refractivity contribution in [2.75, 3.05) is 18.5 Å². The predicted molar refractivity (Wildman–Crippen MR) is 75.2 cm³/mol. The van der Waals surface area contributed by atoms with E-state index in [0.717, 1.165) is 0 Å². The van der Waals surface area contributed by atoms with E-state index in [4.69, 9.17) is 9.84 Å². The van der Waals surface area contributed by atoms with Crippen LogP contribution >= 0.6 is 0 Å². The summed E-state index contributed by atoms with van der Waals surface area (Å²) in [5, 5.41) is 14.2. The highest BCUT2D eigenvalue weighted by Crippen LogP contribution is 2.16. The fraction of sp³-hybridized carbons (Fsp3) is 0.538. The van der Waals surface area contributed by atoms with Crippen LogP contribution in [0.15, 0.2) is 6.07 Å². The number of aryl methyl sites for hydroxylation is 1. The molecule has 20 heavy (non-hydrogen) atoms. The Hall–Kier alpha value is -2.02. The van der Waals surface area contributed by atoms with Crippen LogP contribution in [0.4, 0.5) is 10.5 Å². The SMILES string of the molecule is CCOC(C)(C)CNC(=O)Nc1cc(C)[nH]c1C(=O)O. The van der Waals surface area contributed by atoms with Gasteiger partial charge in [-0.05, 0) is 33.8 Å². The number of hydrogen-bond acceptors (Lipinski definition) is 3. The monoisotopic (exact) mass is 283 g/mol. The van der Waals surface area contributed by atoms with Gasteiger partial charge >= 0.3 is 12.0 Å². The Bertz CT molecular complexity index is 494. The number of urea groups is 1. The lowest BCUT2D eigenvalue weighted by Gasteiger charge is -2.24. The molecule has 112 valence electrons. The van der Waals surface area contributed by atoms with Crippen molar-refractivity contribution in [1.82, 2.24) is 10.3 Å². The number of amides is 2. The van der Waals surface area contributed by atoms with Crippen LogP contribution in [0.3, 0.4) is 0 Å². The third-order valence-electron chi connectivity index (χ3n) is 2.62. The van der Waals surface area contributed by atoms with Crippen LogP contribution in [0.2, 0.25) is 0 Å². The normalized spacial score (nSPS) is 11.2. The number of carbonyl (C=O) groups is 2. The van der Waals surface area contributed by atoms with E-state index in [2.05, 4.69) is 15.6 Å². The van der Waals surface area contributed by atoms with Crippen molar-refractivity contribution in [3.8, 4) is 0 Å². The Morgan fingerprint density at radius 2 is 2.10 bits per heavy atom. The molecule has 0 aliphatic carbocycles. The maximum absolute atomic E-state index is 11.8. The van der Waals surface area contributed by atoms with Gasteiger partial charge in [0.2, 0.25) is 0 Å². The molecule has 0 aliphatic rings. The molecular weight excluding hydrogens is 262 g/mol. The molecule has 1 heterocycles. The van der Waals surface area contributed by atoms with Gasteiger partial charge in [-0.3, -0.25) is 0 Å². The van der Waals surface area contributed by atoms with E-state index in [9.17, 15) is 9.59 Å². The van der Waals surface area contributed by atoms with Crippen LogP contribution in [0.25, 0.3) is 0 Å². The van der Waals surface area contributed by atoms with E-state index >= 15 is 0 Å². The highest BCUT2D eigenvalue weighted by Gasteiger charge is 2.20. The zero-order chi connectivity index (χ0) is 15.3. The number of nitrogens with one attached hydrogen (secondary N) is 3. The summed E-state index contributed by atoms with van der Waals surface area (Å²) < 4.78 is 5.45. The van der Waals surface area contributed by atoms with Crippen molar-refractivity contribution in [3.05, 3.63) is 17.5 Å². The van der Waals surface area contributed by atoms with Crippen molar-refractivity contribution >= 4 is 17.7 Å². The molecule has 0 aliphatic heterocycles. The third-order valence-corrected chi connectivity index (χ3v) is 2.62. The molecule has 1 aromatic rings. The summed E-state index contributed by atoms with van der Waals surface area (Å²) >= 11 is 0. The van der Waals surface area contributed by atoms with E-state index in [1.165, 1.54) is 0 Å². The number of carboxylic acid groups (broad SMARTS) is 1. The lowest BCUT2D eigenvalue weighted by Crippen LogP contribution is -2.42. The van der Waals surface area contributed by atoms with E-state index in [1.807, 2.05) is 20.8 Å². The molecule has 0 fully saturated rings. The molecule has 0 saturated heterocycles. The number of hydrogen-bond donors (Lipinski definition) is 4. The highest BCUT2D eigenvalue weighted by molar-refractivity contribution is 5.99. The van der Waals surface area contributed by atoms with Gasteiger partial charge in [0, 0.05) is 18.8 Å². The molecule has 0 unspecified atom stereocenters. The first-order valence-corrected chi connectivity index (χ1v) is 6.37. The molecule has 7 heteroatoms. The number of anilines is 1. The van der Waals surface area contributed by atoms with Crippen molar-refractivity contribution in [2.24, 2.45) is 0 Å². The molecule has 7 nitrogen and oxygen atoms in total. The van der Waals surface area contributed by atoms with Gasteiger partial charge in [0.1, 0.15) is 5.69 Å². The van der Waals surface area contributed by atoms with Gasteiger partial charge < -0.3 is 25.5 Å². The molecule has 1 aromatic heterocycles. The van der Waals surface area contributed by atoms with E-state index in [0.29, 0.717) is 18.8 Å². The number of H-pyrrole nitrogens is 1. The fourth-order valence-electron chi connectivity index (χ4n) is 1.76. The Labute approximate surface area is 117 Å². The van der Waals surface area contributed by atoms with Gasteiger partial charge in [-0.25, -0.2) is 9.59 Å². The lowest BCUT2D eigenvalue weighted by molar-refractivity contribution is -0.00663. The average Bonchev–Trinajstić information content (AvgIpc) is 2.68. The second kappa shape index (κ2) is 6.42. The Morgan fingerprint density at radius 1 is 1.45 bits per heavy atom. The smallest absolute Gasteiger partial charge is 0.354 e. The summed E-state index contributed by atoms with van der Waals surface area (Å²) in [5.41, 5.74) is 0.381. The van der Waals surface area contributed by atoms with Crippen LogP contribution in [-0.2, 0) is 4.74 Å². The molecule has 0 radical (unpaired) electrons. The number of carbonyl (C=O) groups excluding carboxylic acids is 1. The average molecular weight is 283 g/mol. The van der Waals surface area contributed by atoms with Crippen molar-refractivity contribution in [2.45, 2.75) is 33.3 Å². The zero-order valence-corrected chi connectivity index (χ0v) is 12.2. The van der Waals surface area contributed by atoms with Gasteiger partial charge in [-0.2, -0.15) is 0 Å². The Morgan fingerprint density at radius 3 is 2.65 bits per heavy atom. The molecule has 2 amide bonds. The molecule has 0 spiro atoms. The molecular formula is C13H21N3O4. The minimum atomic E-state index is -1.12. The topological polar surface area (TPSA) is 103 Å². The van der Waals surface area contributed by atoms with Crippen molar-refractivity contribution in [1.29, 1.82) is 0 Å². The van der Waals surface area contributed by atoms with E-state index < -0.39 is 17.6 Å². The maximum atomic E-state index is 11.8. The zero-order valence-electron chi connectivity index (χ0n) is 12.2. The molecule has 0 saturated carbocycles. The highest BCUT2D eigenvalue weighted by atomic mass is 16.5. The van der Waals surface area contributed by atoms with Crippen LogP contribution in [0, 0.1) is 6.92 Å². The third kappa shape index (κ3) is 4.58. The fourth-order valence-corrected chi connectivity index (χ4v) is 1.76. The maximum Gasteiger partial charge on any atom is 0.354 e. The van der Waals surface area contributed by atoms with E-state index in [-0.39, 0.29) is 11.4 Å². The predicted octanol–water partition coefficient (Wildman–Crippen LogP) is 1.96. The first-order chi connectivity index (χ1) is 9.25. The molecule has 0 atom stereocenters. The number of carboxylic acids is 1. The molecule has 0 bridgehead atoms. The molecule has 1 rings (SSSR count). The van der Waals surface area contributed by atoms with Gasteiger partial charge in [0.05, 0.1) is 11.3 Å². The van der Waals surface area contributed by atoms with Gasteiger partial charge in [-0.1, -0.05) is 0 Å². The summed E-state index contributed by atoms with van der Waals surface area (Å²) in [7, 11) is 0. The lowest BCUT2D eigenvalue weighted by atomic mass is 10.1. The largest absolute Gasteiger partial charge is 0.477 e. The molecule has 4 N–H and O–H groups in total. The summed E-state index contributed by atoms with van der Waals surface area (Å²) in [6.07, 6.45) is 0. The minimum Gasteiger partial charge on any atom is -0.477 e. The molecule has 0 aromatic carbocycles. The summed E-state index contributed by atoms with van der Waals surface area (Å²) in [5.74, 6) is -1.12. The Balaban J connectivity index is 2.61. The van der Waals surface area contributed by atoms with Crippen LogP contribution in [0.1, 0.15) is 37.0 Å². The van der Waals surface area contributed by atoms with Crippen molar-refractivity contribution < 1.29 is 19.4 Å². The number of aromatic nitrogens is 1. The van der Waals surface area contributed by atoms with Crippen LogP contribution in [-0.4, -0.2) is 40.8 Å². The summed E-state index contributed by atoms with van der Waals surface area (Å²) in [6, 6.07) is 1.09.